The summed E-state index contributed by atoms with van der Waals surface area (Å²) in [5.74, 6) is 1.47. The molecule has 112 valence electrons. The van der Waals surface area contributed by atoms with E-state index in [0.717, 1.165) is 38.8 Å². The van der Waals surface area contributed by atoms with Crippen LogP contribution in [0.3, 0.4) is 0 Å². The van der Waals surface area contributed by atoms with Gasteiger partial charge in [0.05, 0.1) is 13.2 Å². The second-order valence-electron chi connectivity index (χ2n) is 6.09. The van der Waals surface area contributed by atoms with E-state index in [1.807, 2.05) is 0 Å². The lowest BCUT2D eigenvalue weighted by atomic mass is 9.91. The maximum absolute atomic E-state index is 6.10. The summed E-state index contributed by atoms with van der Waals surface area (Å²) in [5, 5.41) is 0. The van der Waals surface area contributed by atoms with Crippen LogP contribution in [0, 0.1) is 11.8 Å². The van der Waals surface area contributed by atoms with Crippen LogP contribution in [0.25, 0.3) is 0 Å². The largest absolute Gasteiger partial charge is 0.383 e. The molecule has 2 rings (SSSR count). The lowest BCUT2D eigenvalue weighted by Crippen LogP contribution is -2.53. The van der Waals surface area contributed by atoms with Gasteiger partial charge in [-0.1, -0.05) is 0 Å². The van der Waals surface area contributed by atoms with Gasteiger partial charge < -0.3 is 15.2 Å². The van der Waals surface area contributed by atoms with Crippen molar-refractivity contribution in [1.82, 2.24) is 4.90 Å². The molecule has 2 aliphatic rings. The molecule has 2 N–H and O–H groups in total. The Balaban J connectivity index is 1.99. The van der Waals surface area contributed by atoms with Crippen LogP contribution in [0.5, 0.6) is 0 Å². The average Bonchev–Trinajstić information content (AvgIpc) is 3.28. The standard InChI is InChI=1S/C15H30N2O2/c1-12(13-5-6-13)17(7-9-18-2)15(10-16)14-4-3-8-19-11-14/h12-15H,3-11,16H2,1-2H3. The Labute approximate surface area is 117 Å². The van der Waals surface area contributed by atoms with Crippen molar-refractivity contribution >= 4 is 0 Å². The van der Waals surface area contributed by atoms with E-state index >= 15 is 0 Å². The number of nitrogens with two attached hydrogens (primary N) is 1. The van der Waals surface area contributed by atoms with Gasteiger partial charge >= 0.3 is 0 Å². The van der Waals surface area contributed by atoms with E-state index in [-0.39, 0.29) is 0 Å². The molecule has 0 amide bonds. The number of ether oxygens (including phenoxy) is 2. The van der Waals surface area contributed by atoms with Gasteiger partial charge in [-0.15, -0.1) is 0 Å². The highest BCUT2D eigenvalue weighted by Crippen LogP contribution is 2.37. The maximum atomic E-state index is 6.10. The minimum atomic E-state index is 0.450. The van der Waals surface area contributed by atoms with E-state index < -0.39 is 0 Å². The van der Waals surface area contributed by atoms with Crippen molar-refractivity contribution in [1.29, 1.82) is 0 Å². The normalized spacial score (nSPS) is 27.5. The first-order valence-electron chi connectivity index (χ1n) is 7.80. The SMILES string of the molecule is COCCN(C(C)C1CC1)C(CN)C1CCCOC1. The minimum absolute atomic E-state index is 0.450. The average molecular weight is 270 g/mol. The van der Waals surface area contributed by atoms with Gasteiger partial charge in [0.1, 0.15) is 0 Å². The van der Waals surface area contributed by atoms with Crippen molar-refractivity contribution in [2.24, 2.45) is 17.6 Å². The van der Waals surface area contributed by atoms with E-state index in [1.165, 1.54) is 25.7 Å². The molecule has 0 radical (unpaired) electrons. The third-order valence-corrected chi connectivity index (χ3v) is 4.79. The topological polar surface area (TPSA) is 47.7 Å². The first-order chi connectivity index (χ1) is 9.27. The van der Waals surface area contributed by atoms with Crippen molar-refractivity contribution < 1.29 is 9.47 Å². The van der Waals surface area contributed by atoms with Crippen LogP contribution in [0.1, 0.15) is 32.6 Å². The Morgan fingerprint density at radius 2 is 2.11 bits per heavy atom. The highest BCUT2D eigenvalue weighted by Gasteiger charge is 2.37. The summed E-state index contributed by atoms with van der Waals surface area (Å²) in [6.07, 6.45) is 5.19. The molecule has 1 aliphatic carbocycles. The predicted molar refractivity (Wildman–Crippen MR) is 77.2 cm³/mol. The Kier molecular flexibility index (Phi) is 6.07. The molecule has 1 saturated heterocycles. The molecule has 0 spiro atoms. The summed E-state index contributed by atoms with van der Waals surface area (Å²) in [6.45, 7) is 6.68. The Morgan fingerprint density at radius 3 is 2.63 bits per heavy atom. The van der Waals surface area contributed by atoms with E-state index in [2.05, 4.69) is 11.8 Å². The van der Waals surface area contributed by atoms with Crippen LogP contribution in [-0.4, -0.2) is 57.0 Å². The molecule has 0 aromatic heterocycles. The Hall–Kier alpha value is -0.160. The zero-order chi connectivity index (χ0) is 13.7. The maximum Gasteiger partial charge on any atom is 0.0589 e. The molecule has 3 unspecified atom stereocenters. The van der Waals surface area contributed by atoms with Gasteiger partial charge in [0.15, 0.2) is 0 Å². The number of methoxy groups -OCH3 is 1. The lowest BCUT2D eigenvalue weighted by molar-refractivity contribution is -0.00936. The fourth-order valence-corrected chi connectivity index (χ4v) is 3.39. The second kappa shape index (κ2) is 7.58. The molecule has 2 fully saturated rings. The second-order valence-corrected chi connectivity index (χ2v) is 6.09. The smallest absolute Gasteiger partial charge is 0.0589 e. The highest BCUT2D eigenvalue weighted by molar-refractivity contribution is 4.91. The van der Waals surface area contributed by atoms with E-state index in [9.17, 15) is 0 Å². The zero-order valence-corrected chi connectivity index (χ0v) is 12.5. The van der Waals surface area contributed by atoms with Gasteiger partial charge in [0.25, 0.3) is 0 Å². The van der Waals surface area contributed by atoms with Crippen LogP contribution in [0.2, 0.25) is 0 Å². The number of hydrogen-bond acceptors (Lipinski definition) is 4. The van der Waals surface area contributed by atoms with Crippen molar-refractivity contribution in [2.75, 3.05) is 40.0 Å². The molecule has 4 nitrogen and oxygen atoms in total. The number of hydrogen-bond donors (Lipinski definition) is 1. The molecule has 3 atom stereocenters. The molecule has 19 heavy (non-hydrogen) atoms. The minimum Gasteiger partial charge on any atom is -0.383 e. The van der Waals surface area contributed by atoms with Crippen molar-refractivity contribution in [2.45, 2.75) is 44.7 Å². The molecular weight excluding hydrogens is 240 g/mol. The van der Waals surface area contributed by atoms with Gasteiger partial charge in [-0.25, -0.2) is 0 Å². The van der Waals surface area contributed by atoms with Crippen molar-refractivity contribution in [3.63, 3.8) is 0 Å². The first-order valence-corrected chi connectivity index (χ1v) is 7.80. The van der Waals surface area contributed by atoms with E-state index in [4.69, 9.17) is 15.2 Å². The fraction of sp³-hybridized carbons (Fsp3) is 1.00. The van der Waals surface area contributed by atoms with Gasteiger partial charge in [-0.05, 0) is 44.4 Å². The summed E-state index contributed by atoms with van der Waals surface area (Å²) >= 11 is 0. The molecule has 0 aromatic rings. The molecule has 1 aliphatic heterocycles. The molecular formula is C15H30N2O2. The molecule has 0 bridgehead atoms. The predicted octanol–water partition coefficient (Wildman–Crippen LogP) is 1.49. The summed E-state index contributed by atoms with van der Waals surface area (Å²) in [7, 11) is 1.78. The zero-order valence-electron chi connectivity index (χ0n) is 12.5. The van der Waals surface area contributed by atoms with Gasteiger partial charge in [-0.3, -0.25) is 4.90 Å². The summed E-state index contributed by atoms with van der Waals surface area (Å²) < 4.78 is 11.0. The first kappa shape index (κ1) is 15.2. The van der Waals surface area contributed by atoms with Crippen LogP contribution in [0.15, 0.2) is 0 Å². The Morgan fingerprint density at radius 1 is 1.32 bits per heavy atom. The number of rotatable bonds is 8. The van der Waals surface area contributed by atoms with Crippen LogP contribution >= 0.6 is 0 Å². The third-order valence-electron chi connectivity index (χ3n) is 4.79. The van der Waals surface area contributed by atoms with Crippen molar-refractivity contribution in [3.05, 3.63) is 0 Å². The van der Waals surface area contributed by atoms with Crippen LogP contribution < -0.4 is 5.73 Å². The number of nitrogens with zero attached hydrogens (tertiary/aromatic N) is 1. The molecule has 1 heterocycles. The molecule has 1 saturated carbocycles. The third kappa shape index (κ3) is 4.15. The monoisotopic (exact) mass is 270 g/mol. The van der Waals surface area contributed by atoms with Crippen LogP contribution in [0.4, 0.5) is 0 Å². The Bertz CT molecular complexity index is 253. The van der Waals surface area contributed by atoms with Gasteiger partial charge in [0.2, 0.25) is 0 Å². The summed E-state index contributed by atoms with van der Waals surface area (Å²) in [6, 6.07) is 1.08. The van der Waals surface area contributed by atoms with Gasteiger partial charge in [0, 0.05) is 38.9 Å². The fourth-order valence-electron chi connectivity index (χ4n) is 3.39. The van der Waals surface area contributed by atoms with E-state index in [1.54, 1.807) is 7.11 Å². The summed E-state index contributed by atoms with van der Waals surface area (Å²) in [4.78, 5) is 2.60. The molecule has 0 aromatic carbocycles. The summed E-state index contributed by atoms with van der Waals surface area (Å²) in [5.41, 5.74) is 6.10. The van der Waals surface area contributed by atoms with Crippen molar-refractivity contribution in [3.8, 4) is 0 Å². The van der Waals surface area contributed by atoms with Gasteiger partial charge in [-0.2, -0.15) is 0 Å². The van der Waals surface area contributed by atoms with E-state index in [0.29, 0.717) is 18.0 Å². The molecule has 4 heteroatoms. The van der Waals surface area contributed by atoms with Crippen LogP contribution in [-0.2, 0) is 9.47 Å². The highest BCUT2D eigenvalue weighted by atomic mass is 16.5. The lowest BCUT2D eigenvalue weighted by Gasteiger charge is -2.41. The quantitative estimate of drug-likeness (QED) is 0.726.